The molecule has 112 valence electrons. The van der Waals surface area contributed by atoms with Crippen molar-refractivity contribution < 1.29 is 4.79 Å². The van der Waals surface area contributed by atoms with E-state index in [1.54, 1.807) is 11.3 Å². The molecule has 0 aliphatic carbocycles. The number of rotatable bonds is 3. The van der Waals surface area contributed by atoms with Gasteiger partial charge in [-0.2, -0.15) is 16.4 Å². The van der Waals surface area contributed by atoms with E-state index >= 15 is 0 Å². The molecule has 0 aromatic carbocycles. The summed E-state index contributed by atoms with van der Waals surface area (Å²) >= 11 is 5.21. The standard InChI is InChI=1S/C15H18BrN3OS/c1-9(2)13-12(16)14(18-17-13)15(20)19-6-3-4-11(19)10-5-7-21-8-10/h5,7-9,11H,3-4,6H2,1-2H3,(H,17,18). The van der Waals surface area contributed by atoms with Gasteiger partial charge >= 0.3 is 0 Å². The number of carbonyl (C=O) groups is 1. The van der Waals surface area contributed by atoms with Crippen LogP contribution >= 0.6 is 27.3 Å². The van der Waals surface area contributed by atoms with Crippen LogP contribution in [0.2, 0.25) is 0 Å². The lowest BCUT2D eigenvalue weighted by molar-refractivity contribution is 0.0729. The zero-order chi connectivity index (χ0) is 15.0. The average molecular weight is 368 g/mol. The van der Waals surface area contributed by atoms with Gasteiger partial charge in [-0.3, -0.25) is 9.89 Å². The maximum Gasteiger partial charge on any atom is 0.276 e. The third kappa shape index (κ3) is 2.66. The van der Waals surface area contributed by atoms with Crippen LogP contribution in [0.1, 0.15) is 60.4 Å². The summed E-state index contributed by atoms with van der Waals surface area (Å²) < 4.78 is 0.804. The van der Waals surface area contributed by atoms with Crippen LogP contribution in [0, 0.1) is 0 Å². The molecule has 1 unspecified atom stereocenters. The van der Waals surface area contributed by atoms with Gasteiger partial charge in [0.25, 0.3) is 5.91 Å². The third-order valence-corrected chi connectivity index (χ3v) is 5.46. The number of nitrogens with one attached hydrogen (secondary N) is 1. The molecule has 1 atom stereocenters. The molecule has 21 heavy (non-hydrogen) atoms. The first kappa shape index (κ1) is 14.8. The number of halogens is 1. The second-order valence-corrected chi connectivity index (χ2v) is 7.24. The fraction of sp³-hybridized carbons (Fsp3) is 0.467. The SMILES string of the molecule is CC(C)c1[nH]nc(C(=O)N2CCCC2c2ccsc2)c1Br. The van der Waals surface area contributed by atoms with Crippen molar-refractivity contribution in [2.45, 2.75) is 38.6 Å². The Labute approximate surface area is 136 Å². The molecule has 0 radical (unpaired) electrons. The Hall–Kier alpha value is -1.14. The molecule has 3 rings (SSSR count). The summed E-state index contributed by atoms with van der Waals surface area (Å²) in [5, 5.41) is 11.4. The Morgan fingerprint density at radius 1 is 1.57 bits per heavy atom. The second-order valence-electron chi connectivity index (χ2n) is 5.67. The summed E-state index contributed by atoms with van der Waals surface area (Å²) in [6.07, 6.45) is 2.08. The fourth-order valence-corrected chi connectivity index (χ4v) is 4.33. The molecule has 1 amide bonds. The molecule has 0 saturated carbocycles. The minimum absolute atomic E-state index is 0.0127. The van der Waals surface area contributed by atoms with Crippen LogP contribution in [0.25, 0.3) is 0 Å². The molecule has 1 aliphatic heterocycles. The van der Waals surface area contributed by atoms with Gasteiger partial charge in [-0.15, -0.1) is 0 Å². The molecule has 6 heteroatoms. The highest BCUT2D eigenvalue weighted by atomic mass is 79.9. The van der Waals surface area contributed by atoms with Gasteiger partial charge in [-0.25, -0.2) is 0 Å². The van der Waals surface area contributed by atoms with E-state index in [-0.39, 0.29) is 11.9 Å². The zero-order valence-electron chi connectivity index (χ0n) is 12.1. The van der Waals surface area contributed by atoms with Gasteiger partial charge in [0, 0.05) is 6.54 Å². The van der Waals surface area contributed by atoms with Crippen molar-refractivity contribution in [3.63, 3.8) is 0 Å². The number of hydrogen-bond acceptors (Lipinski definition) is 3. The minimum atomic E-state index is 0.0127. The van der Waals surface area contributed by atoms with Gasteiger partial charge in [0.2, 0.25) is 0 Å². The smallest absolute Gasteiger partial charge is 0.276 e. The fourth-order valence-electron chi connectivity index (χ4n) is 2.82. The van der Waals surface area contributed by atoms with Crippen molar-refractivity contribution in [3.05, 3.63) is 38.3 Å². The summed E-state index contributed by atoms with van der Waals surface area (Å²) in [5.74, 6) is 0.318. The normalized spacial score (nSPS) is 18.7. The summed E-state index contributed by atoms with van der Waals surface area (Å²) in [6, 6.07) is 2.30. The second kappa shape index (κ2) is 5.93. The van der Waals surface area contributed by atoms with Crippen molar-refractivity contribution in [2.75, 3.05) is 6.54 Å². The maximum atomic E-state index is 12.8. The van der Waals surface area contributed by atoms with Crippen LogP contribution in [-0.4, -0.2) is 27.5 Å². The van der Waals surface area contributed by atoms with Gasteiger partial charge in [0.05, 0.1) is 16.2 Å². The molecule has 3 heterocycles. The van der Waals surface area contributed by atoms with E-state index in [2.05, 4.69) is 56.8 Å². The van der Waals surface area contributed by atoms with Gasteiger partial charge < -0.3 is 4.90 Å². The van der Waals surface area contributed by atoms with Gasteiger partial charge in [0.1, 0.15) is 0 Å². The number of thiophene rings is 1. The molecule has 1 aliphatic rings. The number of carbonyl (C=O) groups excluding carboxylic acids is 1. The molecular weight excluding hydrogens is 350 g/mol. The van der Waals surface area contributed by atoms with Crippen LogP contribution in [0.15, 0.2) is 21.3 Å². The number of aromatic nitrogens is 2. The summed E-state index contributed by atoms with van der Waals surface area (Å²) in [5.41, 5.74) is 2.71. The Bertz CT molecular complexity index is 635. The van der Waals surface area contributed by atoms with E-state index in [9.17, 15) is 4.79 Å². The highest BCUT2D eigenvalue weighted by molar-refractivity contribution is 9.10. The first-order valence-electron chi connectivity index (χ1n) is 7.16. The highest BCUT2D eigenvalue weighted by Crippen LogP contribution is 2.35. The van der Waals surface area contributed by atoms with Crippen molar-refractivity contribution >= 4 is 33.2 Å². The van der Waals surface area contributed by atoms with Crippen LogP contribution in [0.5, 0.6) is 0 Å². The Morgan fingerprint density at radius 3 is 3.00 bits per heavy atom. The minimum Gasteiger partial charge on any atom is -0.330 e. The largest absolute Gasteiger partial charge is 0.330 e. The lowest BCUT2D eigenvalue weighted by Gasteiger charge is -2.23. The summed E-state index contributed by atoms with van der Waals surface area (Å²) in [4.78, 5) is 14.8. The molecule has 4 nitrogen and oxygen atoms in total. The quantitative estimate of drug-likeness (QED) is 0.877. The number of aromatic amines is 1. The molecule has 0 bridgehead atoms. The van der Waals surface area contributed by atoms with E-state index < -0.39 is 0 Å². The Morgan fingerprint density at radius 2 is 2.38 bits per heavy atom. The molecule has 1 saturated heterocycles. The molecule has 0 spiro atoms. The van der Waals surface area contributed by atoms with E-state index in [1.807, 2.05) is 4.90 Å². The molecule has 1 N–H and O–H groups in total. The summed E-state index contributed by atoms with van der Waals surface area (Å²) in [6.45, 7) is 4.96. The maximum absolute atomic E-state index is 12.8. The lowest BCUT2D eigenvalue weighted by Crippen LogP contribution is -2.30. The number of likely N-dealkylation sites (tertiary alicyclic amines) is 1. The Balaban J connectivity index is 1.88. The monoisotopic (exact) mass is 367 g/mol. The van der Waals surface area contributed by atoms with Crippen molar-refractivity contribution in [1.82, 2.24) is 15.1 Å². The number of H-pyrrole nitrogens is 1. The lowest BCUT2D eigenvalue weighted by atomic mass is 10.1. The molecule has 2 aromatic heterocycles. The Kier molecular flexibility index (Phi) is 4.17. The van der Waals surface area contributed by atoms with Gasteiger partial charge in [-0.1, -0.05) is 13.8 Å². The first-order valence-corrected chi connectivity index (χ1v) is 8.90. The molecule has 1 fully saturated rings. The van der Waals surface area contributed by atoms with E-state index in [4.69, 9.17) is 0 Å². The van der Waals surface area contributed by atoms with Crippen molar-refractivity contribution in [2.24, 2.45) is 0 Å². The summed E-state index contributed by atoms with van der Waals surface area (Å²) in [7, 11) is 0. The first-order chi connectivity index (χ1) is 10.1. The van der Waals surface area contributed by atoms with Gasteiger partial charge in [-0.05, 0) is 57.1 Å². The predicted octanol–water partition coefficient (Wildman–Crippen LogP) is 4.33. The van der Waals surface area contributed by atoms with E-state index in [1.165, 1.54) is 5.56 Å². The highest BCUT2D eigenvalue weighted by Gasteiger charge is 2.33. The van der Waals surface area contributed by atoms with Crippen LogP contribution in [-0.2, 0) is 0 Å². The average Bonchev–Trinajstić information content (AvgIpc) is 3.17. The third-order valence-electron chi connectivity index (χ3n) is 3.95. The van der Waals surface area contributed by atoms with Crippen LogP contribution in [0.3, 0.4) is 0 Å². The topological polar surface area (TPSA) is 49.0 Å². The van der Waals surface area contributed by atoms with E-state index in [0.29, 0.717) is 11.6 Å². The number of nitrogens with zero attached hydrogens (tertiary/aromatic N) is 2. The van der Waals surface area contributed by atoms with Crippen molar-refractivity contribution in [3.8, 4) is 0 Å². The zero-order valence-corrected chi connectivity index (χ0v) is 14.5. The van der Waals surface area contributed by atoms with Gasteiger partial charge in [0.15, 0.2) is 5.69 Å². The van der Waals surface area contributed by atoms with Crippen molar-refractivity contribution in [1.29, 1.82) is 0 Å². The predicted molar refractivity (Wildman–Crippen MR) is 87.7 cm³/mol. The van der Waals surface area contributed by atoms with Crippen LogP contribution < -0.4 is 0 Å². The number of amides is 1. The van der Waals surface area contributed by atoms with E-state index in [0.717, 1.165) is 29.6 Å². The van der Waals surface area contributed by atoms with Crippen LogP contribution in [0.4, 0.5) is 0 Å². The molecular formula is C15H18BrN3OS. The molecule has 2 aromatic rings. The number of hydrogen-bond donors (Lipinski definition) is 1.